The zero-order valence-electron chi connectivity index (χ0n) is 13.1. The van der Waals surface area contributed by atoms with E-state index in [-0.39, 0.29) is 6.04 Å². The van der Waals surface area contributed by atoms with Gasteiger partial charge >= 0.3 is 0 Å². The molecular formula is C18H26N2S. The molecule has 0 saturated heterocycles. The predicted octanol–water partition coefficient (Wildman–Crippen LogP) is 4.90. The van der Waals surface area contributed by atoms with Crippen molar-refractivity contribution < 1.29 is 0 Å². The van der Waals surface area contributed by atoms with E-state index in [1.807, 2.05) is 6.07 Å². The van der Waals surface area contributed by atoms with Crippen molar-refractivity contribution in [2.75, 3.05) is 0 Å². The number of nitrogens with zero attached hydrogens (tertiary/aromatic N) is 1. The van der Waals surface area contributed by atoms with Crippen molar-refractivity contribution in [1.29, 1.82) is 0 Å². The molecule has 3 heteroatoms. The van der Waals surface area contributed by atoms with Gasteiger partial charge in [0, 0.05) is 23.4 Å². The van der Waals surface area contributed by atoms with Gasteiger partial charge in [-0.25, -0.2) is 4.98 Å². The van der Waals surface area contributed by atoms with E-state index in [1.54, 1.807) is 11.3 Å². The molecule has 2 aromatic rings. The van der Waals surface area contributed by atoms with Gasteiger partial charge in [0.05, 0.1) is 10.7 Å². The first-order valence-corrected chi connectivity index (χ1v) is 8.88. The molecule has 0 bridgehead atoms. The van der Waals surface area contributed by atoms with Crippen molar-refractivity contribution in [3.8, 4) is 11.3 Å². The highest BCUT2D eigenvalue weighted by Crippen LogP contribution is 2.25. The van der Waals surface area contributed by atoms with Gasteiger partial charge in [-0.15, -0.1) is 11.3 Å². The molecule has 0 amide bonds. The maximum absolute atomic E-state index is 6.44. The van der Waals surface area contributed by atoms with Crippen molar-refractivity contribution in [1.82, 2.24) is 4.98 Å². The molecule has 0 saturated carbocycles. The summed E-state index contributed by atoms with van der Waals surface area (Å²) >= 11 is 1.74. The molecule has 0 spiro atoms. The van der Waals surface area contributed by atoms with Gasteiger partial charge in [0.2, 0.25) is 0 Å². The molecule has 1 heterocycles. The third-order valence-corrected chi connectivity index (χ3v) is 4.83. The topological polar surface area (TPSA) is 38.9 Å². The van der Waals surface area contributed by atoms with Gasteiger partial charge in [-0.2, -0.15) is 0 Å². The van der Waals surface area contributed by atoms with Gasteiger partial charge in [0.15, 0.2) is 0 Å². The lowest BCUT2D eigenvalue weighted by Gasteiger charge is -2.22. The fraction of sp³-hybridized carbons (Fsp3) is 0.500. The number of aromatic nitrogens is 1. The molecule has 21 heavy (non-hydrogen) atoms. The highest BCUT2D eigenvalue weighted by molar-refractivity contribution is 7.09. The second kappa shape index (κ2) is 8.30. The number of nitrogens with two attached hydrogens (primary N) is 1. The third-order valence-electron chi connectivity index (χ3n) is 3.96. The van der Waals surface area contributed by atoms with Crippen LogP contribution in [-0.2, 0) is 6.42 Å². The molecule has 2 nitrogen and oxygen atoms in total. The van der Waals surface area contributed by atoms with Crippen LogP contribution in [0.25, 0.3) is 11.3 Å². The first-order valence-electron chi connectivity index (χ1n) is 8.00. The van der Waals surface area contributed by atoms with Gasteiger partial charge in [-0.05, 0) is 18.8 Å². The molecule has 1 unspecified atom stereocenters. The van der Waals surface area contributed by atoms with Crippen molar-refractivity contribution in [3.63, 3.8) is 0 Å². The van der Waals surface area contributed by atoms with Crippen LogP contribution >= 0.6 is 11.3 Å². The largest absolute Gasteiger partial charge is 0.327 e. The molecule has 2 N–H and O–H groups in total. The van der Waals surface area contributed by atoms with Crippen molar-refractivity contribution in [2.45, 2.75) is 52.0 Å². The SMILES string of the molecule is CCCC(CCC)C(N)Cc1nc(-c2ccccc2)cs1. The Balaban J connectivity index is 2.01. The Kier molecular flexibility index (Phi) is 6.40. The van der Waals surface area contributed by atoms with Crippen molar-refractivity contribution in [2.24, 2.45) is 11.7 Å². The fourth-order valence-corrected chi connectivity index (χ4v) is 3.70. The lowest BCUT2D eigenvalue weighted by Crippen LogP contribution is -2.32. The highest BCUT2D eigenvalue weighted by atomic mass is 32.1. The molecule has 1 atom stereocenters. The quantitative estimate of drug-likeness (QED) is 0.753. The summed E-state index contributed by atoms with van der Waals surface area (Å²) in [5, 5.41) is 3.31. The number of benzene rings is 1. The number of hydrogen-bond donors (Lipinski definition) is 1. The minimum absolute atomic E-state index is 0.236. The smallest absolute Gasteiger partial charge is 0.0948 e. The van der Waals surface area contributed by atoms with Crippen LogP contribution in [0.2, 0.25) is 0 Å². The Labute approximate surface area is 132 Å². The monoisotopic (exact) mass is 302 g/mol. The first-order chi connectivity index (χ1) is 10.2. The Morgan fingerprint density at radius 2 is 1.76 bits per heavy atom. The van der Waals surface area contributed by atoms with E-state index in [4.69, 9.17) is 10.7 Å². The van der Waals surface area contributed by atoms with Crippen LogP contribution < -0.4 is 5.73 Å². The van der Waals surface area contributed by atoms with E-state index in [0.717, 1.165) is 12.1 Å². The summed E-state index contributed by atoms with van der Waals surface area (Å²) < 4.78 is 0. The van der Waals surface area contributed by atoms with Gasteiger partial charge in [0.1, 0.15) is 0 Å². The van der Waals surface area contributed by atoms with E-state index in [2.05, 4.69) is 43.5 Å². The molecule has 0 aliphatic heterocycles. The molecule has 2 rings (SSSR count). The predicted molar refractivity (Wildman–Crippen MR) is 92.5 cm³/mol. The van der Waals surface area contributed by atoms with Gasteiger partial charge in [0.25, 0.3) is 0 Å². The standard InChI is InChI=1S/C18H26N2S/c1-3-8-14(9-4-2)16(19)12-18-20-17(13-21-18)15-10-6-5-7-11-15/h5-7,10-11,13-14,16H,3-4,8-9,12,19H2,1-2H3. The van der Waals surface area contributed by atoms with E-state index in [9.17, 15) is 0 Å². The highest BCUT2D eigenvalue weighted by Gasteiger charge is 2.18. The van der Waals surface area contributed by atoms with Gasteiger partial charge in [-0.3, -0.25) is 0 Å². The van der Waals surface area contributed by atoms with E-state index < -0.39 is 0 Å². The van der Waals surface area contributed by atoms with E-state index >= 15 is 0 Å². The first kappa shape index (κ1) is 16.2. The molecule has 0 radical (unpaired) electrons. The minimum Gasteiger partial charge on any atom is -0.327 e. The second-order valence-electron chi connectivity index (χ2n) is 5.70. The fourth-order valence-electron chi connectivity index (χ4n) is 2.83. The van der Waals surface area contributed by atoms with Crippen LogP contribution in [0.5, 0.6) is 0 Å². The molecule has 1 aromatic carbocycles. The average molecular weight is 302 g/mol. The maximum Gasteiger partial charge on any atom is 0.0948 e. The van der Waals surface area contributed by atoms with Gasteiger partial charge in [-0.1, -0.05) is 57.0 Å². The maximum atomic E-state index is 6.44. The molecule has 114 valence electrons. The van der Waals surface area contributed by atoms with Crippen molar-refractivity contribution >= 4 is 11.3 Å². The summed E-state index contributed by atoms with van der Waals surface area (Å²) in [7, 11) is 0. The average Bonchev–Trinajstić information content (AvgIpc) is 2.96. The Morgan fingerprint density at radius 3 is 2.38 bits per heavy atom. The summed E-state index contributed by atoms with van der Waals surface area (Å²) in [4.78, 5) is 4.76. The summed E-state index contributed by atoms with van der Waals surface area (Å²) in [6.07, 6.45) is 5.79. The zero-order valence-corrected chi connectivity index (χ0v) is 13.9. The summed E-state index contributed by atoms with van der Waals surface area (Å²) in [5.74, 6) is 0.629. The Morgan fingerprint density at radius 1 is 1.10 bits per heavy atom. The zero-order chi connectivity index (χ0) is 15.1. The van der Waals surface area contributed by atoms with Crippen LogP contribution in [0.1, 0.15) is 44.5 Å². The summed E-state index contributed by atoms with van der Waals surface area (Å²) in [6, 6.07) is 10.6. The molecule has 0 aliphatic carbocycles. The molecule has 0 fully saturated rings. The molecular weight excluding hydrogens is 276 g/mol. The van der Waals surface area contributed by atoms with Crippen LogP contribution in [0, 0.1) is 5.92 Å². The van der Waals surface area contributed by atoms with Gasteiger partial charge < -0.3 is 5.73 Å². The van der Waals surface area contributed by atoms with Crippen LogP contribution in [0.3, 0.4) is 0 Å². The normalized spacial score (nSPS) is 12.8. The molecule has 0 aliphatic rings. The van der Waals surface area contributed by atoms with Crippen LogP contribution in [-0.4, -0.2) is 11.0 Å². The van der Waals surface area contributed by atoms with Crippen LogP contribution in [0.4, 0.5) is 0 Å². The number of rotatable bonds is 8. The lowest BCUT2D eigenvalue weighted by atomic mass is 9.89. The van der Waals surface area contributed by atoms with Crippen molar-refractivity contribution in [3.05, 3.63) is 40.7 Å². The second-order valence-corrected chi connectivity index (χ2v) is 6.64. The summed E-state index contributed by atoms with van der Waals surface area (Å²) in [5.41, 5.74) is 8.70. The Bertz CT molecular complexity index is 515. The molecule has 1 aromatic heterocycles. The number of thiazole rings is 1. The van der Waals surface area contributed by atoms with E-state index in [1.165, 1.54) is 36.3 Å². The summed E-state index contributed by atoms with van der Waals surface area (Å²) in [6.45, 7) is 4.48. The minimum atomic E-state index is 0.236. The van der Waals surface area contributed by atoms with E-state index in [0.29, 0.717) is 5.92 Å². The third kappa shape index (κ3) is 4.65. The lowest BCUT2D eigenvalue weighted by molar-refractivity contribution is 0.359. The van der Waals surface area contributed by atoms with Crippen LogP contribution in [0.15, 0.2) is 35.7 Å². The number of hydrogen-bond acceptors (Lipinski definition) is 3. The Hall–Kier alpha value is -1.19.